The maximum Gasteiger partial charge on any atom is 0.413 e. The zero-order chi connectivity index (χ0) is 21.6. The minimum atomic E-state index is -3.66. The third kappa shape index (κ3) is 5.56. The molecule has 2 aromatic rings. The highest BCUT2D eigenvalue weighted by Gasteiger charge is 2.27. The van der Waals surface area contributed by atoms with E-state index in [1.54, 1.807) is 19.1 Å². The molecule has 3 rings (SSSR count). The third-order valence-electron chi connectivity index (χ3n) is 3.94. The van der Waals surface area contributed by atoms with Crippen molar-refractivity contribution in [3.8, 4) is 11.5 Å². The van der Waals surface area contributed by atoms with Gasteiger partial charge in [0.05, 0.1) is 30.5 Å². The van der Waals surface area contributed by atoms with Crippen molar-refractivity contribution < 1.29 is 31.9 Å². The Labute approximate surface area is 177 Å². The normalized spacial score (nSPS) is 15.0. The average molecular weight is 457 g/mol. The fourth-order valence-corrected chi connectivity index (χ4v) is 4.57. The molecule has 0 radical (unpaired) electrons. The maximum absolute atomic E-state index is 12.8. The smallest absolute Gasteiger partial charge is 0.413 e. The minimum absolute atomic E-state index is 0.102. The van der Waals surface area contributed by atoms with Gasteiger partial charge in [-0.05, 0) is 25.1 Å². The molecule has 1 aliphatic rings. The molecule has 162 valence electrons. The molecule has 1 aromatic carbocycles. The summed E-state index contributed by atoms with van der Waals surface area (Å²) in [5.74, 6) is -0.592. The van der Waals surface area contributed by atoms with Gasteiger partial charge >= 0.3 is 6.09 Å². The number of aromatic nitrogens is 2. The predicted molar refractivity (Wildman–Crippen MR) is 105 cm³/mol. The number of morpholine rings is 1. The number of sulfonamides is 1. The molecular weight excluding hydrogens is 436 g/mol. The topological polar surface area (TPSA) is 141 Å². The van der Waals surface area contributed by atoms with E-state index in [9.17, 15) is 18.0 Å². The van der Waals surface area contributed by atoms with Gasteiger partial charge in [0.15, 0.2) is 0 Å². The fourth-order valence-electron chi connectivity index (χ4n) is 2.55. The summed E-state index contributed by atoms with van der Waals surface area (Å²) in [4.78, 5) is 23.0. The van der Waals surface area contributed by atoms with Crippen LogP contribution in [-0.2, 0) is 24.3 Å². The van der Waals surface area contributed by atoms with Crippen molar-refractivity contribution in [3.63, 3.8) is 0 Å². The van der Waals surface area contributed by atoms with Crippen molar-refractivity contribution in [1.82, 2.24) is 19.8 Å². The Morgan fingerprint density at radius 2 is 2.03 bits per heavy atom. The van der Waals surface area contributed by atoms with E-state index < -0.39 is 22.0 Å². The van der Waals surface area contributed by atoms with Crippen LogP contribution < -0.4 is 5.32 Å². The first-order valence-corrected chi connectivity index (χ1v) is 11.4. The second kappa shape index (κ2) is 10.0. The van der Waals surface area contributed by atoms with Crippen molar-refractivity contribution >= 4 is 33.8 Å². The van der Waals surface area contributed by atoms with Gasteiger partial charge < -0.3 is 13.9 Å². The first-order chi connectivity index (χ1) is 14.4. The Kier molecular flexibility index (Phi) is 7.42. The maximum atomic E-state index is 12.8. The van der Waals surface area contributed by atoms with E-state index in [2.05, 4.69) is 20.3 Å². The summed E-state index contributed by atoms with van der Waals surface area (Å²) in [5, 5.41) is 9.89. The zero-order valence-electron chi connectivity index (χ0n) is 16.1. The molecule has 1 saturated heterocycles. The molecule has 1 aliphatic heterocycles. The molecule has 0 aliphatic carbocycles. The van der Waals surface area contributed by atoms with Gasteiger partial charge in [-0.3, -0.25) is 10.1 Å². The molecule has 0 atom stereocenters. The lowest BCUT2D eigenvalue weighted by Crippen LogP contribution is -2.40. The lowest BCUT2D eigenvalue weighted by Gasteiger charge is -2.26. The van der Waals surface area contributed by atoms with E-state index in [0.717, 1.165) is 11.8 Å². The first kappa shape index (κ1) is 22.2. The van der Waals surface area contributed by atoms with Gasteiger partial charge in [-0.15, -0.1) is 10.2 Å². The Morgan fingerprint density at radius 3 is 2.77 bits per heavy atom. The molecule has 1 N–H and O–H groups in total. The Hall–Kier alpha value is -2.48. The molecule has 30 heavy (non-hydrogen) atoms. The van der Waals surface area contributed by atoms with Gasteiger partial charge in [0.25, 0.3) is 5.22 Å². The number of carbonyl (C=O) groups excluding carboxylic acids is 2. The van der Waals surface area contributed by atoms with Crippen molar-refractivity contribution in [2.24, 2.45) is 0 Å². The molecule has 0 spiro atoms. The number of benzene rings is 1. The number of alkyl carbamates (subject to hydrolysis) is 1. The molecule has 0 saturated carbocycles. The molecule has 0 bridgehead atoms. The van der Waals surface area contributed by atoms with E-state index in [1.165, 1.54) is 16.4 Å². The number of rotatable bonds is 7. The zero-order valence-corrected chi connectivity index (χ0v) is 17.7. The van der Waals surface area contributed by atoms with Crippen LogP contribution in [0.1, 0.15) is 6.92 Å². The molecule has 11 nitrogen and oxygen atoms in total. The standard InChI is InChI=1S/C17H20N4O7S2/c1-2-27-16(23)18-14(22)11-29-17-20-19-15(28-17)12-4-3-5-13(10-12)30(24,25)21-6-8-26-9-7-21/h3-5,10H,2,6-9,11H2,1H3,(H,18,22,23). The van der Waals surface area contributed by atoms with Gasteiger partial charge in [0, 0.05) is 18.7 Å². The van der Waals surface area contributed by atoms with Gasteiger partial charge in [-0.2, -0.15) is 4.31 Å². The Bertz CT molecular complexity index is 1000. The van der Waals surface area contributed by atoms with Gasteiger partial charge in [0.1, 0.15) is 0 Å². The highest BCUT2D eigenvalue weighted by atomic mass is 32.2. The second-order valence-corrected chi connectivity index (χ2v) is 8.84. The molecule has 2 heterocycles. The van der Waals surface area contributed by atoms with Crippen LogP contribution in [0.3, 0.4) is 0 Å². The van der Waals surface area contributed by atoms with Crippen molar-refractivity contribution in [2.45, 2.75) is 17.0 Å². The van der Waals surface area contributed by atoms with Crippen LogP contribution in [0.15, 0.2) is 38.8 Å². The summed E-state index contributed by atoms with van der Waals surface area (Å²) in [6.45, 7) is 3.07. The minimum Gasteiger partial charge on any atom is -0.450 e. The number of amides is 2. The number of carbonyl (C=O) groups is 2. The van der Waals surface area contributed by atoms with Gasteiger partial charge in [-0.25, -0.2) is 13.2 Å². The van der Waals surface area contributed by atoms with Crippen molar-refractivity contribution in [2.75, 3.05) is 38.7 Å². The summed E-state index contributed by atoms with van der Waals surface area (Å²) in [7, 11) is -3.66. The molecule has 2 amide bonds. The monoisotopic (exact) mass is 456 g/mol. The lowest BCUT2D eigenvalue weighted by atomic mass is 10.2. The van der Waals surface area contributed by atoms with Crippen molar-refractivity contribution in [3.05, 3.63) is 24.3 Å². The number of nitrogens with zero attached hydrogens (tertiary/aromatic N) is 3. The Balaban J connectivity index is 1.66. The van der Waals surface area contributed by atoms with E-state index in [0.29, 0.717) is 31.9 Å². The summed E-state index contributed by atoms with van der Waals surface area (Å²) < 4.78 is 42.3. The van der Waals surface area contributed by atoms with Crippen LogP contribution in [0.4, 0.5) is 4.79 Å². The largest absolute Gasteiger partial charge is 0.450 e. The fraction of sp³-hybridized carbons (Fsp3) is 0.412. The van der Waals surface area contributed by atoms with E-state index in [-0.39, 0.29) is 28.4 Å². The third-order valence-corrected chi connectivity index (χ3v) is 6.65. The van der Waals surface area contributed by atoms with Crippen LogP contribution in [0.2, 0.25) is 0 Å². The number of imide groups is 1. The summed E-state index contributed by atoms with van der Waals surface area (Å²) in [5.41, 5.74) is 0.430. The van der Waals surface area contributed by atoms with Gasteiger partial charge in [-0.1, -0.05) is 17.8 Å². The van der Waals surface area contributed by atoms with Gasteiger partial charge in [0.2, 0.25) is 21.8 Å². The molecular formula is C17H20N4O7S2. The van der Waals surface area contributed by atoms with Crippen LogP contribution in [0.5, 0.6) is 0 Å². The van der Waals surface area contributed by atoms with E-state index >= 15 is 0 Å². The SMILES string of the molecule is CCOC(=O)NC(=O)CSc1nnc(-c2cccc(S(=O)(=O)N3CCOCC3)c2)o1. The van der Waals surface area contributed by atoms with Crippen LogP contribution >= 0.6 is 11.8 Å². The number of ether oxygens (including phenoxy) is 2. The lowest BCUT2D eigenvalue weighted by molar-refractivity contribution is -0.117. The van der Waals surface area contributed by atoms with Crippen LogP contribution in [0.25, 0.3) is 11.5 Å². The highest BCUT2D eigenvalue weighted by molar-refractivity contribution is 7.99. The quantitative estimate of drug-likeness (QED) is 0.603. The number of nitrogens with one attached hydrogen (secondary N) is 1. The number of hydrogen-bond acceptors (Lipinski definition) is 10. The second-order valence-electron chi connectivity index (χ2n) is 5.97. The molecule has 0 unspecified atom stereocenters. The molecule has 1 aromatic heterocycles. The summed E-state index contributed by atoms with van der Waals surface area (Å²) >= 11 is 0.936. The van der Waals surface area contributed by atoms with Crippen molar-refractivity contribution in [1.29, 1.82) is 0 Å². The number of hydrogen-bond donors (Lipinski definition) is 1. The number of thioether (sulfide) groups is 1. The van der Waals surface area contributed by atoms with Crippen LogP contribution in [0, 0.1) is 0 Å². The highest BCUT2D eigenvalue weighted by Crippen LogP contribution is 2.26. The molecule has 13 heteroatoms. The summed E-state index contributed by atoms with van der Waals surface area (Å²) in [6, 6.07) is 6.19. The first-order valence-electron chi connectivity index (χ1n) is 9.01. The van der Waals surface area contributed by atoms with E-state index in [4.69, 9.17) is 9.15 Å². The molecule has 1 fully saturated rings. The predicted octanol–water partition coefficient (Wildman–Crippen LogP) is 1.12. The Morgan fingerprint density at radius 1 is 1.27 bits per heavy atom. The van der Waals surface area contributed by atoms with E-state index in [1.807, 2.05) is 0 Å². The summed E-state index contributed by atoms with van der Waals surface area (Å²) in [6.07, 6.45) is -0.826. The average Bonchev–Trinajstić information content (AvgIpc) is 3.22. The van der Waals surface area contributed by atoms with Crippen LogP contribution in [-0.4, -0.2) is 73.6 Å².